The van der Waals surface area contributed by atoms with Crippen molar-refractivity contribution in [2.45, 2.75) is 6.92 Å². The maximum absolute atomic E-state index is 8.92. The second kappa shape index (κ2) is 11.3. The molecule has 2 N–H and O–H groups in total. The largest absolute Gasteiger partial charge is 0.343 e. The van der Waals surface area contributed by atoms with Gasteiger partial charge in [0.2, 0.25) is 0 Å². The van der Waals surface area contributed by atoms with Crippen LogP contribution in [0.5, 0.6) is 0 Å². The Morgan fingerprint density at radius 1 is 1.29 bits per heavy atom. The average molecular weight is 351 g/mol. The molecule has 0 aliphatic carbocycles. The zero-order valence-corrected chi connectivity index (χ0v) is 15.1. The third kappa shape index (κ3) is 7.25. The molecular weight excluding hydrogens is 333 g/mol. The van der Waals surface area contributed by atoms with Crippen molar-refractivity contribution in [2.24, 2.45) is 5.73 Å². The molecule has 0 spiro atoms. The van der Waals surface area contributed by atoms with Crippen LogP contribution in [0, 0.1) is 23.8 Å². The molecule has 2 nitrogen and oxygen atoms in total. The second-order valence-electron chi connectivity index (χ2n) is 4.23. The molecule has 2 aromatic rings. The molecule has 0 heterocycles. The van der Waals surface area contributed by atoms with Crippen molar-refractivity contribution in [1.29, 1.82) is 5.26 Å². The quantitative estimate of drug-likeness (QED) is 0.857. The van der Waals surface area contributed by atoms with E-state index in [0.29, 0.717) is 12.1 Å². The molecular formula is C18H18N2Y-2. The van der Waals surface area contributed by atoms with Gasteiger partial charge in [0.15, 0.2) is 0 Å². The maximum Gasteiger partial charge on any atom is 0.0997 e. The van der Waals surface area contributed by atoms with E-state index in [1.54, 1.807) is 0 Å². The van der Waals surface area contributed by atoms with Crippen molar-refractivity contribution >= 4 is 0 Å². The molecule has 0 saturated carbocycles. The number of hydrogen-bond acceptors (Lipinski definition) is 2. The van der Waals surface area contributed by atoms with Crippen LogP contribution in [0.2, 0.25) is 0 Å². The fourth-order valence-corrected chi connectivity index (χ4v) is 1.60. The first-order valence-corrected chi connectivity index (χ1v) is 6.33. The topological polar surface area (TPSA) is 49.8 Å². The van der Waals surface area contributed by atoms with Crippen molar-refractivity contribution < 1.29 is 32.7 Å². The molecule has 21 heavy (non-hydrogen) atoms. The van der Waals surface area contributed by atoms with Crippen LogP contribution >= 0.6 is 0 Å². The Morgan fingerprint density at radius 3 is 2.38 bits per heavy atom. The van der Waals surface area contributed by atoms with Crippen molar-refractivity contribution in [2.75, 3.05) is 6.54 Å². The van der Waals surface area contributed by atoms with E-state index in [4.69, 9.17) is 11.0 Å². The molecule has 1 radical (unpaired) electrons. The number of hydrogen-bond donors (Lipinski definition) is 1. The summed E-state index contributed by atoms with van der Waals surface area (Å²) in [5, 5.41) is 8.92. The van der Waals surface area contributed by atoms with Crippen LogP contribution in [0.3, 0.4) is 0 Å². The van der Waals surface area contributed by atoms with Crippen LogP contribution < -0.4 is 5.73 Å². The Bertz CT molecular complexity index is 586. The summed E-state index contributed by atoms with van der Waals surface area (Å²) in [6, 6.07) is 20.3. The van der Waals surface area contributed by atoms with Crippen LogP contribution in [0.25, 0.3) is 11.1 Å². The van der Waals surface area contributed by atoms with Crippen LogP contribution in [-0.2, 0) is 32.7 Å². The number of rotatable bonds is 3. The van der Waals surface area contributed by atoms with Gasteiger partial charge in [-0.1, -0.05) is 31.7 Å². The Labute approximate surface area is 152 Å². The molecule has 0 amide bonds. The molecule has 0 unspecified atom stereocenters. The summed E-state index contributed by atoms with van der Waals surface area (Å²) in [6.07, 6.45) is 1.88. The van der Waals surface area contributed by atoms with Gasteiger partial charge in [-0.25, -0.2) is 18.6 Å². The monoisotopic (exact) mass is 351 g/mol. The first-order chi connectivity index (χ1) is 9.69. The van der Waals surface area contributed by atoms with E-state index < -0.39 is 0 Å². The minimum absolute atomic E-state index is 0. The summed E-state index contributed by atoms with van der Waals surface area (Å²) in [5.74, 6) is 0. The fraction of sp³-hybridized carbons (Fsp3) is 0.111. The zero-order chi connectivity index (χ0) is 14.8. The van der Waals surface area contributed by atoms with Crippen molar-refractivity contribution in [1.82, 2.24) is 0 Å². The zero-order valence-electron chi connectivity index (χ0n) is 12.2. The Hall–Kier alpha value is -1.40. The van der Waals surface area contributed by atoms with Crippen molar-refractivity contribution in [3.63, 3.8) is 0 Å². The number of nitriles is 1. The third-order valence-corrected chi connectivity index (χ3v) is 2.54. The molecule has 0 fully saturated rings. The smallest absolute Gasteiger partial charge is 0.0997 e. The van der Waals surface area contributed by atoms with Gasteiger partial charge >= 0.3 is 0 Å². The Balaban J connectivity index is 0.000000495. The third-order valence-electron chi connectivity index (χ3n) is 2.54. The molecule has 0 atom stereocenters. The first kappa shape index (κ1) is 19.6. The van der Waals surface area contributed by atoms with Gasteiger partial charge in [0.25, 0.3) is 0 Å². The standard InChI is InChI=1S/C13H8N.C5H10N.Y/c14-10-12-8-4-5-9-13(12)11-6-2-1-3-7-11;1-5(2)3-4-6;/h2-9H;3H,1,4,6H2,2H3;/q2*-1;. The fourth-order valence-electron chi connectivity index (χ4n) is 1.60. The Kier molecular flexibility index (Phi) is 10.5. The van der Waals surface area contributed by atoms with Gasteiger partial charge in [-0.2, -0.15) is 35.6 Å². The summed E-state index contributed by atoms with van der Waals surface area (Å²) < 4.78 is 0. The summed E-state index contributed by atoms with van der Waals surface area (Å²) in [7, 11) is 0. The predicted molar refractivity (Wildman–Crippen MR) is 83.6 cm³/mol. The van der Waals surface area contributed by atoms with Crippen molar-refractivity contribution in [3.05, 3.63) is 78.7 Å². The summed E-state index contributed by atoms with van der Waals surface area (Å²) in [6.45, 7) is 6.14. The molecule has 0 aliphatic heterocycles. The van der Waals surface area contributed by atoms with Gasteiger partial charge in [-0.3, -0.25) is 0 Å². The van der Waals surface area contributed by atoms with Crippen LogP contribution in [0.1, 0.15) is 12.5 Å². The van der Waals surface area contributed by atoms with E-state index >= 15 is 0 Å². The van der Waals surface area contributed by atoms with E-state index in [2.05, 4.69) is 18.7 Å². The molecule has 3 heteroatoms. The molecule has 0 aromatic heterocycles. The Morgan fingerprint density at radius 2 is 1.90 bits per heavy atom. The van der Waals surface area contributed by atoms with Crippen molar-refractivity contribution in [3.8, 4) is 17.2 Å². The number of nitrogens with two attached hydrogens (primary N) is 1. The van der Waals surface area contributed by atoms with E-state index in [1.165, 1.54) is 0 Å². The first-order valence-electron chi connectivity index (χ1n) is 6.33. The average Bonchev–Trinajstić information content (AvgIpc) is 2.48. The van der Waals surface area contributed by atoms with Crippen LogP contribution in [0.4, 0.5) is 0 Å². The summed E-state index contributed by atoms with van der Waals surface area (Å²) in [4.78, 5) is 0. The molecule has 2 rings (SSSR count). The molecule has 0 aliphatic rings. The van der Waals surface area contributed by atoms with Crippen LogP contribution in [0.15, 0.2) is 60.7 Å². The molecule has 2 aromatic carbocycles. The molecule has 105 valence electrons. The van der Waals surface area contributed by atoms with Gasteiger partial charge in [0.05, 0.1) is 11.6 Å². The van der Waals surface area contributed by atoms with E-state index in [-0.39, 0.29) is 32.7 Å². The maximum atomic E-state index is 8.92. The van der Waals surface area contributed by atoms with E-state index in [9.17, 15) is 0 Å². The summed E-state index contributed by atoms with van der Waals surface area (Å²) in [5.41, 5.74) is 8.89. The molecule has 0 saturated heterocycles. The molecule has 0 bridgehead atoms. The number of benzene rings is 2. The summed E-state index contributed by atoms with van der Waals surface area (Å²) >= 11 is 0. The minimum Gasteiger partial charge on any atom is -0.343 e. The van der Waals surface area contributed by atoms with Crippen LogP contribution in [-0.4, -0.2) is 6.54 Å². The van der Waals surface area contributed by atoms with Gasteiger partial charge in [-0.15, -0.1) is 5.56 Å². The van der Waals surface area contributed by atoms with Gasteiger partial charge < -0.3 is 5.73 Å². The second-order valence-corrected chi connectivity index (χ2v) is 4.23. The van der Waals surface area contributed by atoms with Gasteiger partial charge in [-0.05, 0) is 11.6 Å². The van der Waals surface area contributed by atoms with Gasteiger partial charge in [0, 0.05) is 32.7 Å². The number of nitrogens with zero attached hydrogens (tertiary/aromatic N) is 1. The normalized spacial score (nSPS) is 8.43. The van der Waals surface area contributed by atoms with E-state index in [1.807, 2.05) is 61.9 Å². The SMILES string of the molecule is C=C(C)[CH-]CN.N#Cc1ccccc1-c1cc[c-]cc1.[Y]. The predicted octanol–water partition coefficient (Wildman–Crippen LogP) is 3.75. The van der Waals surface area contributed by atoms with Gasteiger partial charge in [0.1, 0.15) is 0 Å². The van der Waals surface area contributed by atoms with E-state index in [0.717, 1.165) is 16.7 Å². The minimum atomic E-state index is 0.